The lowest BCUT2D eigenvalue weighted by Crippen LogP contribution is -2.47. The van der Waals surface area contributed by atoms with Gasteiger partial charge in [0.25, 0.3) is 0 Å². The summed E-state index contributed by atoms with van der Waals surface area (Å²) in [6, 6.07) is -0.0138. The zero-order chi connectivity index (χ0) is 22.0. The molecule has 1 atom stereocenters. The Morgan fingerprint density at radius 1 is 1.38 bits per heavy atom. The lowest BCUT2D eigenvalue weighted by Gasteiger charge is -2.31. The number of aliphatic carboxylic acids is 1. The van der Waals surface area contributed by atoms with Crippen molar-refractivity contribution in [1.29, 1.82) is 0 Å². The maximum Gasteiger partial charge on any atom is 0.490 e. The third-order valence-corrected chi connectivity index (χ3v) is 4.90. The maximum atomic E-state index is 12.2. The van der Waals surface area contributed by atoms with Crippen molar-refractivity contribution in [3.63, 3.8) is 0 Å². The Hall–Kier alpha value is -2.21. The van der Waals surface area contributed by atoms with Crippen LogP contribution in [0.25, 0.3) is 0 Å². The lowest BCUT2D eigenvalue weighted by atomic mass is 10.0. The minimum atomic E-state index is -5.08. The molecule has 1 unspecified atom stereocenters. The largest absolute Gasteiger partial charge is 0.490 e. The summed E-state index contributed by atoms with van der Waals surface area (Å²) in [5.74, 6) is -3.06. The number of nitrogens with zero attached hydrogens (tertiary/aromatic N) is 2. The van der Waals surface area contributed by atoms with Crippen LogP contribution < -0.4 is 5.32 Å². The van der Waals surface area contributed by atoms with Gasteiger partial charge >= 0.3 is 18.1 Å². The molecule has 0 radical (unpaired) electrons. The van der Waals surface area contributed by atoms with Gasteiger partial charge in [0.15, 0.2) is 5.69 Å². The molecule has 8 nitrogen and oxygen atoms in total. The van der Waals surface area contributed by atoms with E-state index in [0.29, 0.717) is 25.3 Å². The monoisotopic (exact) mass is 439 g/mol. The Bertz CT molecular complexity index is 696. The molecular weight excluding hydrogens is 415 g/mol. The summed E-state index contributed by atoms with van der Waals surface area (Å²) in [5.41, 5.74) is 0.347. The fraction of sp³-hybridized carbons (Fsp3) is 0.647. The number of carboxylic acids is 1. The highest BCUT2D eigenvalue weighted by molar-refractivity contribution is 7.09. The molecule has 2 heterocycles. The number of ether oxygens (including phenoxy) is 1. The number of rotatable bonds is 6. The van der Waals surface area contributed by atoms with Crippen LogP contribution >= 0.6 is 11.3 Å². The number of piperidine rings is 1. The number of nitrogens with one attached hydrogen (secondary N) is 1. The molecule has 164 valence electrons. The number of likely N-dealkylation sites (tertiary alicyclic amines) is 1. The van der Waals surface area contributed by atoms with Crippen molar-refractivity contribution in [1.82, 2.24) is 15.2 Å². The van der Waals surface area contributed by atoms with Gasteiger partial charge in [-0.25, -0.2) is 14.6 Å². The Morgan fingerprint density at radius 2 is 2.03 bits per heavy atom. The number of alkyl halides is 3. The van der Waals surface area contributed by atoms with Crippen molar-refractivity contribution in [2.45, 2.75) is 44.8 Å². The average Bonchev–Trinajstić information content (AvgIpc) is 3.11. The van der Waals surface area contributed by atoms with E-state index in [4.69, 9.17) is 14.6 Å². The number of hydrogen-bond acceptors (Lipinski definition) is 7. The molecule has 1 saturated heterocycles. The molecule has 1 aromatic heterocycles. The summed E-state index contributed by atoms with van der Waals surface area (Å²) in [5, 5.41) is 12.6. The second-order valence-electron chi connectivity index (χ2n) is 6.18. The van der Waals surface area contributed by atoms with Gasteiger partial charge in [-0.1, -0.05) is 6.42 Å². The minimum Gasteiger partial charge on any atom is -0.475 e. The van der Waals surface area contributed by atoms with Gasteiger partial charge < -0.3 is 15.2 Å². The zero-order valence-electron chi connectivity index (χ0n) is 16.1. The van der Waals surface area contributed by atoms with Gasteiger partial charge in [0.05, 0.1) is 17.7 Å². The molecule has 29 heavy (non-hydrogen) atoms. The molecule has 1 aliphatic heterocycles. The first kappa shape index (κ1) is 24.8. The predicted molar refractivity (Wildman–Crippen MR) is 98.7 cm³/mol. The normalized spacial score (nSPS) is 17.1. The highest BCUT2D eigenvalue weighted by atomic mass is 32.1. The van der Waals surface area contributed by atoms with Crippen molar-refractivity contribution in [3.8, 4) is 0 Å². The number of esters is 1. The number of carbonyl (C=O) groups excluding carboxylic acids is 2. The van der Waals surface area contributed by atoms with Crippen LogP contribution in [-0.4, -0.2) is 71.8 Å². The summed E-state index contributed by atoms with van der Waals surface area (Å²) < 4.78 is 36.6. The number of thiazole rings is 1. The number of hydrogen-bond donors (Lipinski definition) is 2. The van der Waals surface area contributed by atoms with Gasteiger partial charge in [-0.15, -0.1) is 11.3 Å². The van der Waals surface area contributed by atoms with Gasteiger partial charge in [-0.05, 0) is 33.4 Å². The molecule has 0 bridgehead atoms. The molecule has 1 fully saturated rings. The summed E-state index contributed by atoms with van der Waals surface area (Å²) in [4.78, 5) is 38.9. The number of amides is 1. The molecule has 0 aromatic carbocycles. The third-order valence-electron chi connectivity index (χ3n) is 3.99. The molecule has 1 aromatic rings. The van der Waals surface area contributed by atoms with Crippen LogP contribution in [0.3, 0.4) is 0 Å². The molecule has 1 amide bonds. The lowest BCUT2D eigenvalue weighted by molar-refractivity contribution is -0.192. The van der Waals surface area contributed by atoms with Crippen LogP contribution in [0.2, 0.25) is 0 Å². The van der Waals surface area contributed by atoms with Gasteiger partial charge in [0.1, 0.15) is 0 Å². The molecule has 0 saturated carbocycles. The van der Waals surface area contributed by atoms with E-state index in [2.05, 4.69) is 15.2 Å². The van der Waals surface area contributed by atoms with E-state index in [1.54, 1.807) is 12.3 Å². The number of likely N-dealkylation sites (N-methyl/N-ethyl adjacent to an activating group) is 1. The van der Waals surface area contributed by atoms with Gasteiger partial charge in [-0.3, -0.25) is 9.69 Å². The summed E-state index contributed by atoms with van der Waals surface area (Å²) in [7, 11) is 2.00. The van der Waals surface area contributed by atoms with Crippen LogP contribution in [0.5, 0.6) is 0 Å². The quantitative estimate of drug-likeness (QED) is 0.654. The van der Waals surface area contributed by atoms with Gasteiger partial charge in [0, 0.05) is 18.3 Å². The second kappa shape index (κ2) is 11.7. The van der Waals surface area contributed by atoms with E-state index in [-0.39, 0.29) is 11.9 Å². The Kier molecular flexibility index (Phi) is 10.0. The molecule has 1 aliphatic rings. The fourth-order valence-corrected chi connectivity index (χ4v) is 3.31. The third kappa shape index (κ3) is 8.77. The maximum absolute atomic E-state index is 12.2. The first-order chi connectivity index (χ1) is 13.6. The highest BCUT2D eigenvalue weighted by Crippen LogP contribution is 2.15. The van der Waals surface area contributed by atoms with E-state index >= 15 is 0 Å². The van der Waals surface area contributed by atoms with Crippen LogP contribution in [0.15, 0.2) is 5.38 Å². The van der Waals surface area contributed by atoms with Gasteiger partial charge in [-0.2, -0.15) is 13.2 Å². The molecule has 0 aliphatic carbocycles. The second-order valence-corrected chi connectivity index (χ2v) is 7.13. The fourth-order valence-electron chi connectivity index (χ4n) is 2.54. The Morgan fingerprint density at radius 3 is 2.59 bits per heavy atom. The molecular formula is C17H24F3N3O5S. The predicted octanol–water partition coefficient (Wildman–Crippen LogP) is 2.10. The number of carboxylic acid groups (broad SMARTS) is 1. The van der Waals surface area contributed by atoms with E-state index in [9.17, 15) is 22.8 Å². The topological polar surface area (TPSA) is 109 Å². The van der Waals surface area contributed by atoms with Crippen molar-refractivity contribution in [3.05, 3.63) is 16.1 Å². The standard InChI is InChI=1S/C15H23N3O3S.C2HF3O2/c1-3-21-15(20)11-10-22-13(17-11)7-8-16-14(19)12-6-4-5-9-18(12)2;3-2(4,5)1(6)7/h10,12H,3-9H2,1-2H3,(H,16,19);(H,6,7). The van der Waals surface area contributed by atoms with Crippen LogP contribution in [0, 0.1) is 0 Å². The van der Waals surface area contributed by atoms with Crippen LogP contribution in [-0.2, 0) is 20.7 Å². The van der Waals surface area contributed by atoms with E-state index < -0.39 is 18.1 Å². The molecule has 0 spiro atoms. The number of carbonyl (C=O) groups is 3. The summed E-state index contributed by atoms with van der Waals surface area (Å²) >= 11 is 1.42. The number of halogens is 3. The van der Waals surface area contributed by atoms with Crippen molar-refractivity contribution in [2.75, 3.05) is 26.7 Å². The van der Waals surface area contributed by atoms with Crippen molar-refractivity contribution >= 4 is 29.2 Å². The Labute approximate surface area is 170 Å². The SMILES string of the molecule is CCOC(=O)c1csc(CCNC(=O)C2CCCCN2C)n1.O=C(O)C(F)(F)F. The first-order valence-corrected chi connectivity index (χ1v) is 9.83. The first-order valence-electron chi connectivity index (χ1n) is 8.95. The van der Waals surface area contributed by atoms with E-state index in [0.717, 1.165) is 30.8 Å². The highest BCUT2D eigenvalue weighted by Gasteiger charge is 2.38. The molecule has 12 heteroatoms. The van der Waals surface area contributed by atoms with Crippen molar-refractivity contribution < 1.29 is 37.4 Å². The zero-order valence-corrected chi connectivity index (χ0v) is 16.9. The molecule has 2 rings (SSSR count). The summed E-state index contributed by atoms with van der Waals surface area (Å²) in [6.07, 6.45) is -1.26. The van der Waals surface area contributed by atoms with Gasteiger partial charge in [0.2, 0.25) is 5.91 Å². The van der Waals surface area contributed by atoms with Crippen LogP contribution in [0.4, 0.5) is 13.2 Å². The van der Waals surface area contributed by atoms with Crippen molar-refractivity contribution in [2.24, 2.45) is 0 Å². The van der Waals surface area contributed by atoms with E-state index in [1.807, 2.05) is 7.05 Å². The number of aromatic nitrogens is 1. The summed E-state index contributed by atoms with van der Waals surface area (Å²) in [6.45, 7) is 3.63. The molecule has 2 N–H and O–H groups in total. The van der Waals surface area contributed by atoms with Crippen LogP contribution in [0.1, 0.15) is 41.7 Å². The smallest absolute Gasteiger partial charge is 0.475 e. The Balaban J connectivity index is 0.000000516. The van der Waals surface area contributed by atoms with E-state index in [1.165, 1.54) is 11.3 Å². The minimum absolute atomic E-state index is 0.0138. The average molecular weight is 439 g/mol.